The lowest BCUT2D eigenvalue weighted by molar-refractivity contribution is -0.158. The summed E-state index contributed by atoms with van der Waals surface area (Å²) in [6, 6.07) is 6.34. The predicted molar refractivity (Wildman–Crippen MR) is 82.5 cm³/mol. The van der Waals surface area contributed by atoms with Crippen LogP contribution in [0.25, 0.3) is 0 Å². The van der Waals surface area contributed by atoms with Crippen LogP contribution in [0.2, 0.25) is 0 Å². The van der Waals surface area contributed by atoms with E-state index in [4.69, 9.17) is 0 Å². The molecule has 1 unspecified atom stereocenters. The number of hydrogen-bond donors (Lipinski definition) is 0. The number of sulfonamides is 1. The van der Waals surface area contributed by atoms with Crippen molar-refractivity contribution in [1.29, 1.82) is 0 Å². The highest BCUT2D eigenvalue weighted by atomic mass is 32.2. The first kappa shape index (κ1) is 16.2. The van der Waals surface area contributed by atoms with Crippen molar-refractivity contribution in [3.63, 3.8) is 0 Å². The Bertz CT molecular complexity index is 711. The Labute approximate surface area is 134 Å². The molecule has 1 atom stereocenters. The number of piperidine rings is 1. The van der Waals surface area contributed by atoms with Gasteiger partial charge in [0.1, 0.15) is 11.6 Å². The van der Waals surface area contributed by atoms with Gasteiger partial charge in [-0.05, 0) is 30.5 Å². The van der Waals surface area contributed by atoms with E-state index in [1.807, 2.05) is 4.90 Å². The number of alkyl halides is 2. The van der Waals surface area contributed by atoms with Gasteiger partial charge in [-0.15, -0.1) is 4.40 Å². The zero-order chi connectivity index (χ0) is 16.7. The van der Waals surface area contributed by atoms with Crippen molar-refractivity contribution in [3.8, 4) is 5.75 Å². The van der Waals surface area contributed by atoms with Gasteiger partial charge in [-0.2, -0.15) is 8.78 Å². The second-order valence-corrected chi connectivity index (χ2v) is 7.65. The zero-order valence-corrected chi connectivity index (χ0v) is 13.5. The largest absolute Gasteiger partial charge is 0.433 e. The van der Waals surface area contributed by atoms with Crippen molar-refractivity contribution >= 4 is 15.9 Å². The molecule has 23 heavy (non-hydrogen) atoms. The van der Waals surface area contributed by atoms with Gasteiger partial charge in [-0.3, -0.25) is 0 Å². The van der Waals surface area contributed by atoms with E-state index < -0.39 is 16.1 Å². The molecule has 0 aliphatic carbocycles. The Hall–Kier alpha value is -1.70. The van der Waals surface area contributed by atoms with Crippen LogP contribution in [0.3, 0.4) is 0 Å². The summed E-state index contributed by atoms with van der Waals surface area (Å²) in [5, 5.41) is 0. The standard InChI is InChI=1S/C15H18F2N2O3S/c1-15(16,17)22-12-6-4-11(5-7-12)13-3-2-8-19-9-10-23(20,21)18-14(13)19/h4-7,13H,2-3,8-10H2,1H3. The van der Waals surface area contributed by atoms with Gasteiger partial charge in [-0.25, -0.2) is 8.42 Å². The summed E-state index contributed by atoms with van der Waals surface area (Å²) in [6.45, 7) is 1.94. The summed E-state index contributed by atoms with van der Waals surface area (Å²) in [5.41, 5.74) is 0.859. The first-order valence-corrected chi connectivity index (χ1v) is 9.09. The maximum atomic E-state index is 12.9. The van der Waals surface area contributed by atoms with Crippen LogP contribution >= 0.6 is 0 Å². The Kier molecular flexibility index (Phi) is 4.03. The second-order valence-electron chi connectivity index (χ2n) is 5.90. The van der Waals surface area contributed by atoms with E-state index in [1.165, 1.54) is 12.1 Å². The van der Waals surface area contributed by atoms with Crippen LogP contribution in [0.5, 0.6) is 5.75 Å². The van der Waals surface area contributed by atoms with Gasteiger partial charge in [-0.1, -0.05) is 12.1 Å². The van der Waals surface area contributed by atoms with E-state index in [-0.39, 0.29) is 17.4 Å². The van der Waals surface area contributed by atoms with E-state index in [9.17, 15) is 17.2 Å². The SMILES string of the molecule is CC(F)(F)Oc1ccc(C2CCCN3CCS(=O)(=O)N=C23)cc1. The molecule has 1 aromatic carbocycles. The molecule has 1 fully saturated rings. The average Bonchev–Trinajstić information content (AvgIpc) is 2.45. The van der Waals surface area contributed by atoms with Crippen LogP contribution < -0.4 is 4.74 Å². The molecular formula is C15H18F2N2O3S. The summed E-state index contributed by atoms with van der Waals surface area (Å²) in [6.07, 6.45) is -1.51. The normalized spacial score (nSPS) is 23.9. The minimum Gasteiger partial charge on any atom is -0.433 e. The smallest absolute Gasteiger partial charge is 0.394 e. The van der Waals surface area contributed by atoms with E-state index >= 15 is 0 Å². The van der Waals surface area contributed by atoms with E-state index in [1.54, 1.807) is 12.1 Å². The lowest BCUT2D eigenvalue weighted by Gasteiger charge is -2.37. The Balaban J connectivity index is 1.87. The Morgan fingerprint density at radius 1 is 1.26 bits per heavy atom. The lowest BCUT2D eigenvalue weighted by Crippen LogP contribution is -2.46. The van der Waals surface area contributed by atoms with Crippen LogP contribution in [0, 0.1) is 0 Å². The molecule has 8 heteroatoms. The fourth-order valence-electron chi connectivity index (χ4n) is 3.00. The average molecular weight is 344 g/mol. The number of halogens is 2. The molecule has 0 bridgehead atoms. The minimum atomic E-state index is -3.40. The topological polar surface area (TPSA) is 59.0 Å². The predicted octanol–water partition coefficient (Wildman–Crippen LogP) is 2.60. The van der Waals surface area contributed by atoms with Crippen LogP contribution in [0.15, 0.2) is 28.7 Å². The van der Waals surface area contributed by atoms with Crippen molar-refractivity contribution in [2.45, 2.75) is 31.8 Å². The van der Waals surface area contributed by atoms with Crippen LogP contribution in [0.1, 0.15) is 31.2 Å². The van der Waals surface area contributed by atoms with Crippen molar-refractivity contribution < 1.29 is 21.9 Å². The highest BCUT2D eigenvalue weighted by Crippen LogP contribution is 2.32. The summed E-state index contributed by atoms with van der Waals surface area (Å²) < 4.78 is 57.7. The molecule has 0 saturated carbocycles. The number of benzene rings is 1. The molecule has 0 radical (unpaired) electrons. The number of ether oxygens (including phenoxy) is 1. The van der Waals surface area contributed by atoms with Crippen molar-refractivity contribution in [2.24, 2.45) is 4.40 Å². The number of fused-ring (bicyclic) bond motifs is 1. The number of nitrogens with zero attached hydrogens (tertiary/aromatic N) is 2. The second kappa shape index (κ2) is 5.74. The zero-order valence-electron chi connectivity index (χ0n) is 12.7. The first-order valence-electron chi connectivity index (χ1n) is 7.48. The van der Waals surface area contributed by atoms with E-state index in [2.05, 4.69) is 9.13 Å². The van der Waals surface area contributed by atoms with Crippen LogP contribution in [-0.4, -0.2) is 44.1 Å². The quantitative estimate of drug-likeness (QED) is 0.846. The van der Waals surface area contributed by atoms with Crippen molar-refractivity contribution in [2.75, 3.05) is 18.8 Å². The van der Waals surface area contributed by atoms with E-state index in [0.29, 0.717) is 19.3 Å². The molecule has 0 spiro atoms. The fraction of sp³-hybridized carbons (Fsp3) is 0.533. The molecule has 1 aromatic rings. The van der Waals surface area contributed by atoms with Gasteiger partial charge in [0.2, 0.25) is 0 Å². The number of rotatable bonds is 3. The highest BCUT2D eigenvalue weighted by molar-refractivity contribution is 7.90. The van der Waals surface area contributed by atoms with Gasteiger partial charge in [0.25, 0.3) is 10.0 Å². The molecule has 0 aromatic heterocycles. The van der Waals surface area contributed by atoms with Crippen LogP contribution in [-0.2, 0) is 10.0 Å². The highest BCUT2D eigenvalue weighted by Gasteiger charge is 2.33. The molecule has 2 heterocycles. The summed E-state index contributed by atoms with van der Waals surface area (Å²) in [5.74, 6) is 0.556. The molecule has 5 nitrogen and oxygen atoms in total. The van der Waals surface area contributed by atoms with E-state index in [0.717, 1.165) is 24.9 Å². The van der Waals surface area contributed by atoms with Gasteiger partial charge in [0, 0.05) is 25.9 Å². The molecule has 3 rings (SSSR count). The minimum absolute atomic E-state index is 0.0432. The van der Waals surface area contributed by atoms with Gasteiger partial charge in [0.05, 0.1) is 5.75 Å². The number of amidine groups is 1. The van der Waals surface area contributed by atoms with Crippen molar-refractivity contribution in [1.82, 2.24) is 4.90 Å². The van der Waals surface area contributed by atoms with Gasteiger partial charge >= 0.3 is 6.11 Å². The summed E-state index contributed by atoms with van der Waals surface area (Å²) >= 11 is 0. The molecule has 126 valence electrons. The monoisotopic (exact) mass is 344 g/mol. The lowest BCUT2D eigenvalue weighted by atomic mass is 9.89. The van der Waals surface area contributed by atoms with Gasteiger partial charge in [0.15, 0.2) is 0 Å². The van der Waals surface area contributed by atoms with Crippen LogP contribution in [0.4, 0.5) is 8.78 Å². The van der Waals surface area contributed by atoms with Gasteiger partial charge < -0.3 is 9.64 Å². The summed E-state index contributed by atoms with van der Waals surface area (Å²) in [7, 11) is -3.40. The molecule has 1 saturated heterocycles. The molecule has 0 N–H and O–H groups in total. The third-order valence-corrected chi connectivity index (χ3v) is 5.15. The fourth-order valence-corrected chi connectivity index (χ4v) is 4.07. The molecular weight excluding hydrogens is 326 g/mol. The molecule has 2 aliphatic heterocycles. The van der Waals surface area contributed by atoms with Crippen molar-refractivity contribution in [3.05, 3.63) is 29.8 Å². The molecule has 2 aliphatic rings. The summed E-state index contributed by atoms with van der Waals surface area (Å²) in [4.78, 5) is 2.00. The maximum Gasteiger partial charge on any atom is 0.394 e. The number of hydrogen-bond acceptors (Lipinski definition) is 4. The molecule has 0 amide bonds. The first-order chi connectivity index (χ1) is 10.7. The third-order valence-electron chi connectivity index (χ3n) is 3.99. The Morgan fingerprint density at radius 2 is 1.96 bits per heavy atom. The maximum absolute atomic E-state index is 12.9. The third kappa shape index (κ3) is 3.80. The Morgan fingerprint density at radius 3 is 2.61 bits per heavy atom.